The topological polar surface area (TPSA) is 92.2 Å². The Morgan fingerprint density at radius 2 is 1.90 bits per heavy atom. The Morgan fingerprint density at radius 1 is 1.21 bits per heavy atom. The third-order valence-corrected chi connectivity index (χ3v) is 3.89. The van der Waals surface area contributed by atoms with Crippen LogP contribution in [-0.2, 0) is 15.8 Å². The van der Waals surface area contributed by atoms with E-state index in [4.69, 9.17) is 0 Å². The first-order chi connectivity index (χ1) is 13.6. The van der Waals surface area contributed by atoms with Crippen LogP contribution in [0, 0.1) is 0 Å². The van der Waals surface area contributed by atoms with Crippen LogP contribution in [0.3, 0.4) is 0 Å². The van der Waals surface area contributed by atoms with Crippen molar-refractivity contribution in [3.05, 3.63) is 36.4 Å². The van der Waals surface area contributed by atoms with Crippen LogP contribution in [-0.4, -0.2) is 57.2 Å². The van der Waals surface area contributed by atoms with Crippen LogP contribution < -0.4 is 10.6 Å². The molecule has 0 aliphatic carbocycles. The molecule has 0 aliphatic rings. The Kier molecular flexibility index (Phi) is 7.32. The second-order valence-electron chi connectivity index (χ2n) is 6.64. The lowest BCUT2D eigenvalue weighted by Gasteiger charge is -2.21. The quantitative estimate of drug-likeness (QED) is 0.693. The summed E-state index contributed by atoms with van der Waals surface area (Å²) in [5.41, 5.74) is -0.720. The maximum absolute atomic E-state index is 13.1. The molecule has 0 saturated heterocycles. The molecule has 2 rings (SSSR count). The molecule has 0 fully saturated rings. The molecule has 2 aromatic rings. The molecule has 1 heterocycles. The van der Waals surface area contributed by atoms with Gasteiger partial charge in [0.25, 0.3) is 0 Å². The van der Waals surface area contributed by atoms with E-state index in [2.05, 4.69) is 20.7 Å². The van der Waals surface area contributed by atoms with Gasteiger partial charge in [0.2, 0.25) is 11.8 Å². The van der Waals surface area contributed by atoms with Gasteiger partial charge in [-0.3, -0.25) is 14.5 Å². The van der Waals surface area contributed by atoms with Crippen LogP contribution in [0.1, 0.15) is 26.3 Å². The smallest absolute Gasteiger partial charge is 0.353 e. The Labute approximate surface area is 166 Å². The molecule has 158 valence electrons. The Bertz CT molecular complexity index is 837. The molecule has 11 heteroatoms. The number of hydrogen-bond acceptors (Lipinski definition) is 5. The van der Waals surface area contributed by atoms with Crippen molar-refractivity contribution in [2.75, 3.05) is 25.0 Å². The van der Waals surface area contributed by atoms with Crippen molar-refractivity contribution < 1.29 is 22.8 Å². The zero-order valence-electron chi connectivity index (χ0n) is 16.3. The fourth-order valence-electron chi connectivity index (χ4n) is 2.59. The molecular formula is C18H23F3N6O2. The summed E-state index contributed by atoms with van der Waals surface area (Å²) in [4.78, 5) is 29.7. The van der Waals surface area contributed by atoms with Crippen LogP contribution in [0.4, 0.5) is 18.9 Å². The summed E-state index contributed by atoms with van der Waals surface area (Å²) < 4.78 is 40.5. The SMILES string of the molecule is CCN(CC(=O)Nc1cc(C(F)(F)F)ccc1-n1cncn1)CC(=O)NC(C)C. The van der Waals surface area contributed by atoms with Crippen molar-refractivity contribution in [3.8, 4) is 5.69 Å². The first-order valence-electron chi connectivity index (χ1n) is 8.98. The van der Waals surface area contributed by atoms with Gasteiger partial charge in [0.15, 0.2) is 0 Å². The number of halogens is 3. The third kappa shape index (κ3) is 6.56. The van der Waals surface area contributed by atoms with Crippen molar-refractivity contribution in [2.45, 2.75) is 33.0 Å². The fraction of sp³-hybridized carbons (Fsp3) is 0.444. The number of anilines is 1. The standard InChI is InChI=1S/C18H23F3N6O2/c1-4-26(8-16(28)24-12(2)3)9-17(29)25-14-7-13(18(19,20)21)5-6-15(14)27-11-22-10-23-27/h5-7,10-12H,4,8-9H2,1-3H3,(H,24,28)(H,25,29). The maximum atomic E-state index is 13.1. The van der Waals surface area contributed by atoms with Gasteiger partial charge in [-0.2, -0.15) is 18.3 Å². The number of amides is 2. The number of nitrogens with zero attached hydrogens (tertiary/aromatic N) is 4. The number of aromatic nitrogens is 3. The Hall–Kier alpha value is -2.95. The highest BCUT2D eigenvalue weighted by Gasteiger charge is 2.31. The minimum atomic E-state index is -4.56. The van der Waals surface area contributed by atoms with E-state index in [0.29, 0.717) is 6.54 Å². The van der Waals surface area contributed by atoms with E-state index in [-0.39, 0.29) is 36.4 Å². The molecule has 0 saturated carbocycles. The lowest BCUT2D eigenvalue weighted by atomic mass is 10.1. The molecule has 2 amide bonds. The zero-order chi connectivity index (χ0) is 21.6. The first kappa shape index (κ1) is 22.3. The van der Waals surface area contributed by atoms with Gasteiger partial charge in [-0.1, -0.05) is 6.92 Å². The Balaban J connectivity index is 2.18. The number of hydrogen-bond donors (Lipinski definition) is 2. The van der Waals surface area contributed by atoms with E-state index in [1.165, 1.54) is 23.4 Å². The minimum Gasteiger partial charge on any atom is -0.353 e. The summed E-state index contributed by atoms with van der Waals surface area (Å²) in [7, 11) is 0. The van der Waals surface area contributed by atoms with Gasteiger partial charge >= 0.3 is 6.18 Å². The van der Waals surface area contributed by atoms with Crippen LogP contribution in [0.2, 0.25) is 0 Å². The summed E-state index contributed by atoms with van der Waals surface area (Å²) in [6, 6.07) is 2.92. The number of carbonyl (C=O) groups excluding carboxylic acids is 2. The molecular weight excluding hydrogens is 389 g/mol. The van der Waals surface area contributed by atoms with Crippen LogP contribution in [0.15, 0.2) is 30.9 Å². The fourth-order valence-corrected chi connectivity index (χ4v) is 2.59. The van der Waals surface area contributed by atoms with Gasteiger partial charge in [-0.15, -0.1) is 0 Å². The number of benzene rings is 1. The molecule has 1 aromatic carbocycles. The molecule has 29 heavy (non-hydrogen) atoms. The van der Waals surface area contributed by atoms with E-state index in [0.717, 1.165) is 12.1 Å². The molecule has 2 N–H and O–H groups in total. The average molecular weight is 412 g/mol. The highest BCUT2D eigenvalue weighted by Crippen LogP contribution is 2.33. The average Bonchev–Trinajstić information content (AvgIpc) is 3.13. The zero-order valence-corrected chi connectivity index (χ0v) is 16.3. The molecule has 0 atom stereocenters. The molecule has 0 unspecified atom stereocenters. The van der Waals surface area contributed by atoms with Crippen LogP contribution in [0.25, 0.3) is 5.69 Å². The van der Waals surface area contributed by atoms with Gasteiger partial charge in [0.1, 0.15) is 12.7 Å². The molecule has 0 bridgehead atoms. The largest absolute Gasteiger partial charge is 0.416 e. The van der Waals surface area contributed by atoms with Crippen molar-refractivity contribution in [1.82, 2.24) is 25.0 Å². The van der Waals surface area contributed by atoms with Gasteiger partial charge in [-0.05, 0) is 38.6 Å². The summed E-state index contributed by atoms with van der Waals surface area (Å²) in [6.07, 6.45) is -2.02. The lowest BCUT2D eigenvalue weighted by Crippen LogP contribution is -2.42. The van der Waals surface area contributed by atoms with Gasteiger partial charge in [-0.25, -0.2) is 9.67 Å². The molecule has 0 spiro atoms. The molecule has 1 aromatic heterocycles. The van der Waals surface area contributed by atoms with E-state index in [9.17, 15) is 22.8 Å². The number of nitrogens with one attached hydrogen (secondary N) is 2. The van der Waals surface area contributed by atoms with Gasteiger partial charge < -0.3 is 10.6 Å². The molecule has 0 aliphatic heterocycles. The number of likely N-dealkylation sites (N-methyl/N-ethyl adjacent to an activating group) is 1. The summed E-state index contributed by atoms with van der Waals surface area (Å²) in [5, 5.41) is 9.12. The highest BCUT2D eigenvalue weighted by molar-refractivity contribution is 5.94. The monoisotopic (exact) mass is 412 g/mol. The first-order valence-corrected chi connectivity index (χ1v) is 8.98. The summed E-state index contributed by atoms with van der Waals surface area (Å²) in [5.74, 6) is -0.790. The van der Waals surface area contributed by atoms with Crippen molar-refractivity contribution in [1.29, 1.82) is 0 Å². The number of carbonyl (C=O) groups is 2. The third-order valence-electron chi connectivity index (χ3n) is 3.89. The van der Waals surface area contributed by atoms with Crippen LogP contribution in [0.5, 0.6) is 0 Å². The Morgan fingerprint density at radius 3 is 2.45 bits per heavy atom. The van der Waals surface area contributed by atoms with E-state index in [1.54, 1.807) is 11.8 Å². The van der Waals surface area contributed by atoms with Crippen molar-refractivity contribution in [3.63, 3.8) is 0 Å². The predicted molar refractivity (Wildman–Crippen MR) is 100 cm³/mol. The van der Waals surface area contributed by atoms with Gasteiger partial charge in [0.05, 0.1) is 30.0 Å². The van der Waals surface area contributed by atoms with E-state index < -0.39 is 17.6 Å². The predicted octanol–water partition coefficient (Wildman–Crippen LogP) is 2.07. The summed E-state index contributed by atoms with van der Waals surface area (Å²) in [6.45, 7) is 5.68. The molecule has 8 nitrogen and oxygen atoms in total. The van der Waals surface area contributed by atoms with E-state index >= 15 is 0 Å². The van der Waals surface area contributed by atoms with Crippen molar-refractivity contribution >= 4 is 17.5 Å². The van der Waals surface area contributed by atoms with Gasteiger partial charge in [0, 0.05) is 6.04 Å². The lowest BCUT2D eigenvalue weighted by molar-refractivity contribution is -0.137. The highest BCUT2D eigenvalue weighted by atomic mass is 19.4. The molecule has 0 radical (unpaired) electrons. The number of rotatable bonds is 8. The second kappa shape index (κ2) is 9.50. The van der Waals surface area contributed by atoms with Crippen LogP contribution >= 0.6 is 0 Å². The van der Waals surface area contributed by atoms with E-state index in [1.807, 2.05) is 13.8 Å². The second-order valence-corrected chi connectivity index (χ2v) is 6.64. The number of alkyl halides is 3. The maximum Gasteiger partial charge on any atom is 0.416 e. The summed E-state index contributed by atoms with van der Waals surface area (Å²) >= 11 is 0. The van der Waals surface area contributed by atoms with Crippen molar-refractivity contribution in [2.24, 2.45) is 0 Å². The normalized spacial score (nSPS) is 11.7. The minimum absolute atomic E-state index is 0.000619.